The summed E-state index contributed by atoms with van der Waals surface area (Å²) >= 11 is 0. The topological polar surface area (TPSA) is 167 Å². The Morgan fingerprint density at radius 3 is 2.59 bits per heavy atom. The molecule has 14 heteroatoms. The Balaban J connectivity index is 1.55. The predicted octanol–water partition coefficient (Wildman–Crippen LogP) is 1.21. The number of fused-ring (bicyclic) bond motifs is 1. The number of hydrogen-bond acceptors (Lipinski definition) is 8. The molecule has 4 N–H and O–H groups in total. The zero-order chi connectivity index (χ0) is 29.6. The lowest BCUT2D eigenvalue weighted by Gasteiger charge is -2.34. The average Bonchev–Trinajstić information content (AvgIpc) is 3.78. The van der Waals surface area contributed by atoms with Crippen molar-refractivity contribution in [1.29, 1.82) is 0 Å². The van der Waals surface area contributed by atoms with Gasteiger partial charge in [0.1, 0.15) is 12.4 Å². The van der Waals surface area contributed by atoms with Gasteiger partial charge in [-0.15, -0.1) is 0 Å². The number of likely N-dealkylation sites (tertiary alicyclic amines) is 1. The zero-order valence-electron chi connectivity index (χ0n) is 23.2. The van der Waals surface area contributed by atoms with E-state index in [0.29, 0.717) is 31.3 Å². The summed E-state index contributed by atoms with van der Waals surface area (Å²) in [6.07, 6.45) is 4.07. The van der Waals surface area contributed by atoms with Crippen molar-refractivity contribution >= 4 is 45.0 Å². The van der Waals surface area contributed by atoms with Crippen LogP contribution in [0.3, 0.4) is 0 Å². The molecule has 0 unspecified atom stereocenters. The van der Waals surface area contributed by atoms with Crippen LogP contribution in [0.4, 0.5) is 4.79 Å². The van der Waals surface area contributed by atoms with Gasteiger partial charge in [0.05, 0.1) is 18.4 Å². The number of sulfonamides is 1. The van der Waals surface area contributed by atoms with Gasteiger partial charge in [-0.05, 0) is 54.5 Å². The summed E-state index contributed by atoms with van der Waals surface area (Å²) in [6.45, 7) is 1.90. The molecule has 1 heterocycles. The van der Waals surface area contributed by atoms with Crippen molar-refractivity contribution in [3.63, 3.8) is 0 Å². The van der Waals surface area contributed by atoms with Crippen LogP contribution >= 0.6 is 0 Å². The van der Waals surface area contributed by atoms with Crippen LogP contribution in [-0.4, -0.2) is 93.2 Å². The van der Waals surface area contributed by atoms with Crippen molar-refractivity contribution in [2.75, 3.05) is 33.8 Å². The largest absolute Gasteiger partial charge is 0.361 e. The number of hydroxylamine groups is 1. The third-order valence-corrected chi connectivity index (χ3v) is 8.77. The number of rotatable bonds is 11. The van der Waals surface area contributed by atoms with Crippen molar-refractivity contribution in [1.82, 2.24) is 24.9 Å². The summed E-state index contributed by atoms with van der Waals surface area (Å²) in [7, 11) is -1.40. The highest BCUT2D eigenvalue weighted by atomic mass is 32.2. The number of imide groups is 1. The van der Waals surface area contributed by atoms with Crippen LogP contribution in [0.15, 0.2) is 52.5 Å². The zero-order valence-corrected chi connectivity index (χ0v) is 24.0. The molecule has 2 fully saturated rings. The van der Waals surface area contributed by atoms with Crippen molar-refractivity contribution in [3.8, 4) is 0 Å². The summed E-state index contributed by atoms with van der Waals surface area (Å²) < 4.78 is 29.4. The summed E-state index contributed by atoms with van der Waals surface area (Å²) in [5.41, 5.74) is 2.13. The molecular formula is C27H37N7O6S. The summed E-state index contributed by atoms with van der Waals surface area (Å²) in [4.78, 5) is 48.8. The van der Waals surface area contributed by atoms with Crippen LogP contribution in [0.5, 0.6) is 0 Å². The Labute approximate surface area is 239 Å². The molecule has 1 aliphatic carbocycles. The summed E-state index contributed by atoms with van der Waals surface area (Å²) in [6, 6.07) is 9.15. The Hall–Kier alpha value is -3.75. The van der Waals surface area contributed by atoms with E-state index in [0.717, 1.165) is 29.7 Å². The quantitative estimate of drug-likeness (QED) is 0.153. The first-order chi connectivity index (χ1) is 19.6. The molecule has 4 amide bonds. The Morgan fingerprint density at radius 1 is 1.17 bits per heavy atom. The molecule has 1 saturated carbocycles. The minimum Gasteiger partial charge on any atom is -0.361 e. The highest BCUT2D eigenvalue weighted by Crippen LogP contribution is 2.28. The highest BCUT2D eigenvalue weighted by molar-refractivity contribution is 7.89. The number of benzene rings is 2. The number of hydrazone groups is 1. The number of nitrogens with zero attached hydrogens (tertiary/aromatic N) is 4. The molecule has 0 spiro atoms. The van der Waals surface area contributed by atoms with Gasteiger partial charge in [0.25, 0.3) is 0 Å². The molecular weight excluding hydrogens is 550 g/mol. The number of urea groups is 1. The van der Waals surface area contributed by atoms with E-state index in [1.165, 1.54) is 24.1 Å². The first-order valence-electron chi connectivity index (χ1n) is 13.5. The highest BCUT2D eigenvalue weighted by Gasteiger charge is 2.42. The minimum atomic E-state index is -4.25. The molecule has 0 bridgehead atoms. The molecule has 0 radical (unpaired) electrons. The predicted molar refractivity (Wildman–Crippen MR) is 153 cm³/mol. The van der Waals surface area contributed by atoms with Crippen LogP contribution in [0, 0.1) is 5.92 Å². The van der Waals surface area contributed by atoms with Gasteiger partial charge in [-0.2, -0.15) is 9.82 Å². The van der Waals surface area contributed by atoms with Crippen molar-refractivity contribution in [2.45, 2.75) is 49.1 Å². The summed E-state index contributed by atoms with van der Waals surface area (Å²) in [5, 5.41) is 5.13. The maximum atomic E-state index is 13.7. The van der Waals surface area contributed by atoms with Crippen LogP contribution in [0.2, 0.25) is 0 Å². The van der Waals surface area contributed by atoms with E-state index in [1.807, 2.05) is 17.0 Å². The van der Waals surface area contributed by atoms with Crippen LogP contribution in [0.1, 0.15) is 32.1 Å². The minimum absolute atomic E-state index is 0.0574. The molecule has 2 aromatic rings. The van der Waals surface area contributed by atoms with Gasteiger partial charge in [0.15, 0.2) is 0 Å². The number of carbonyl (C=O) groups excluding carboxylic acids is 3. The van der Waals surface area contributed by atoms with Crippen molar-refractivity contribution in [2.24, 2.45) is 16.9 Å². The number of nitrogens with two attached hydrogens (primary N) is 1. The lowest BCUT2D eigenvalue weighted by atomic mass is 9.97. The van der Waals surface area contributed by atoms with Gasteiger partial charge >= 0.3 is 6.03 Å². The smallest absolute Gasteiger partial charge is 0.348 e. The number of nitrogens with one attached hydrogen (secondary N) is 2. The third kappa shape index (κ3) is 7.71. The SMILES string of the molecule is CONC(=O)N(C(=O)[C@H](CC(=O)N(C)C[C@H]1CCCN(C=NN)C1)NS(=O)(=O)c1ccc2ccccc2c1)C1CC1. The van der Waals surface area contributed by atoms with E-state index in [9.17, 15) is 22.8 Å². The van der Waals surface area contributed by atoms with Gasteiger partial charge in [0, 0.05) is 32.7 Å². The second kappa shape index (κ2) is 13.3. The first kappa shape index (κ1) is 30.2. The van der Waals surface area contributed by atoms with Gasteiger partial charge in [-0.3, -0.25) is 19.3 Å². The van der Waals surface area contributed by atoms with Crippen molar-refractivity contribution in [3.05, 3.63) is 42.5 Å². The number of hydrogen-bond donors (Lipinski definition) is 3. The second-order valence-corrected chi connectivity index (χ2v) is 12.2. The number of carbonyl (C=O) groups is 3. The maximum absolute atomic E-state index is 13.7. The van der Waals surface area contributed by atoms with E-state index >= 15 is 0 Å². The Morgan fingerprint density at radius 2 is 1.90 bits per heavy atom. The van der Waals surface area contributed by atoms with E-state index in [1.54, 1.807) is 31.6 Å². The van der Waals surface area contributed by atoms with E-state index in [4.69, 9.17) is 10.7 Å². The van der Waals surface area contributed by atoms with Crippen LogP contribution < -0.4 is 16.0 Å². The van der Waals surface area contributed by atoms with Gasteiger partial charge < -0.3 is 15.6 Å². The molecule has 2 aliphatic rings. The normalized spacial score (nSPS) is 18.3. The fraction of sp³-hybridized carbons (Fsp3) is 0.481. The Kier molecular flexibility index (Phi) is 9.78. The van der Waals surface area contributed by atoms with Gasteiger partial charge in [-0.25, -0.2) is 18.7 Å². The fourth-order valence-corrected chi connectivity index (χ4v) is 6.34. The van der Waals surface area contributed by atoms with Crippen molar-refractivity contribution < 1.29 is 27.6 Å². The molecule has 0 aromatic heterocycles. The monoisotopic (exact) mass is 587 g/mol. The molecule has 41 heavy (non-hydrogen) atoms. The average molecular weight is 588 g/mol. The lowest BCUT2D eigenvalue weighted by Crippen LogP contribution is -2.55. The number of piperidine rings is 1. The third-order valence-electron chi connectivity index (χ3n) is 7.30. The number of amides is 4. The second-order valence-electron chi connectivity index (χ2n) is 10.5. The van der Waals surface area contributed by atoms with E-state index in [2.05, 4.69) is 15.3 Å². The van der Waals surface area contributed by atoms with Crippen LogP contribution in [-0.2, 0) is 24.4 Å². The van der Waals surface area contributed by atoms with Crippen LogP contribution in [0.25, 0.3) is 10.8 Å². The molecule has 1 saturated heterocycles. The Bertz CT molecular complexity index is 1400. The molecule has 2 aromatic carbocycles. The fourth-order valence-electron chi connectivity index (χ4n) is 5.12. The molecule has 222 valence electrons. The maximum Gasteiger partial charge on any atom is 0.348 e. The summed E-state index contributed by atoms with van der Waals surface area (Å²) in [5.74, 6) is 4.17. The molecule has 1 aliphatic heterocycles. The molecule has 4 rings (SSSR count). The van der Waals surface area contributed by atoms with E-state index in [-0.39, 0.29) is 10.8 Å². The first-order valence-corrected chi connectivity index (χ1v) is 15.0. The molecule has 13 nitrogen and oxygen atoms in total. The van der Waals surface area contributed by atoms with E-state index < -0.39 is 46.4 Å². The standard InChI is InChI=1S/C27H37N7O6S/c1-32(16-19-6-5-13-33(17-19)18-29-28)25(35)15-24(26(36)34(22-10-11-22)27(37)30-40-2)31-41(38,39)23-12-9-20-7-3-4-8-21(20)14-23/h3-4,7-9,12,14,18-19,22,24,31H,5-6,10-11,13,15-17,28H2,1-2H3,(H,30,37)/t19-,24+/m1/s1. The molecule has 2 atom stereocenters. The van der Waals surface area contributed by atoms with Gasteiger partial charge in [-0.1, -0.05) is 30.3 Å². The lowest BCUT2D eigenvalue weighted by molar-refractivity contribution is -0.137. The van der Waals surface area contributed by atoms with Gasteiger partial charge in [0.2, 0.25) is 21.8 Å².